The topological polar surface area (TPSA) is 134 Å². The van der Waals surface area contributed by atoms with Crippen molar-refractivity contribution in [2.24, 2.45) is 0 Å². The van der Waals surface area contributed by atoms with E-state index in [9.17, 15) is 30.0 Å². The molecular formula is C19H20O8. The maximum atomic E-state index is 12.1. The number of aryl methyl sites for hydroxylation is 1. The summed E-state index contributed by atoms with van der Waals surface area (Å²) in [6, 6.07) is 8.21. The number of methoxy groups -OCH3 is 1. The second kappa shape index (κ2) is 8.79. The molecule has 27 heavy (non-hydrogen) atoms. The van der Waals surface area contributed by atoms with Crippen molar-refractivity contribution < 1.29 is 39.5 Å². The normalized spacial score (nSPS) is 11.6. The Hall–Kier alpha value is -3.42. The number of hydrogen-bond acceptors (Lipinski definition) is 8. The Labute approximate surface area is 155 Å². The zero-order valence-corrected chi connectivity index (χ0v) is 14.6. The third-order valence-electron chi connectivity index (χ3n) is 3.86. The van der Waals surface area contributed by atoms with Crippen molar-refractivity contribution in [1.82, 2.24) is 0 Å². The van der Waals surface area contributed by atoms with Gasteiger partial charge in [-0.3, -0.25) is 4.79 Å². The second-order valence-corrected chi connectivity index (χ2v) is 5.85. The SMILES string of the molecule is COC(=O)C(Cc1ccc(O)c(O)c1)OC(=O)CCc1ccc(O)c(O)c1. The number of carbonyl (C=O) groups is 2. The third kappa shape index (κ3) is 5.53. The number of phenols is 4. The standard InChI is InChI=1S/C19H20O8/c1-26-19(25)17(10-12-3-6-14(21)16(23)9-12)27-18(24)7-4-11-2-5-13(20)15(22)8-11/h2-3,5-6,8-9,17,20-23H,4,7,10H2,1H3. The molecule has 0 heterocycles. The summed E-state index contributed by atoms with van der Waals surface area (Å²) in [5.41, 5.74) is 1.08. The van der Waals surface area contributed by atoms with Crippen molar-refractivity contribution in [2.75, 3.05) is 7.11 Å². The molecule has 0 aliphatic heterocycles. The number of carbonyl (C=O) groups excluding carboxylic acids is 2. The molecular weight excluding hydrogens is 356 g/mol. The van der Waals surface area contributed by atoms with Gasteiger partial charge in [0.25, 0.3) is 0 Å². The molecule has 2 rings (SSSR count). The monoisotopic (exact) mass is 376 g/mol. The summed E-state index contributed by atoms with van der Waals surface area (Å²) in [6.07, 6.45) is -1.06. The van der Waals surface area contributed by atoms with Crippen LogP contribution < -0.4 is 0 Å². The molecule has 4 N–H and O–H groups in total. The Morgan fingerprint density at radius 3 is 2.00 bits per heavy atom. The van der Waals surface area contributed by atoms with E-state index in [0.29, 0.717) is 11.1 Å². The number of benzene rings is 2. The van der Waals surface area contributed by atoms with Crippen LogP contribution in [0.4, 0.5) is 0 Å². The summed E-state index contributed by atoms with van der Waals surface area (Å²) in [4.78, 5) is 24.0. The number of phenolic OH excluding ortho intramolecular Hbond substituents is 4. The van der Waals surface area contributed by atoms with Crippen LogP contribution in [0.1, 0.15) is 17.5 Å². The molecule has 0 radical (unpaired) electrons. The molecule has 0 aromatic heterocycles. The molecule has 2 aromatic rings. The molecule has 0 amide bonds. The molecule has 0 saturated heterocycles. The molecule has 2 aromatic carbocycles. The summed E-state index contributed by atoms with van der Waals surface area (Å²) in [5.74, 6) is -2.61. The molecule has 0 bridgehead atoms. The molecule has 0 aliphatic carbocycles. The van der Waals surface area contributed by atoms with E-state index in [0.717, 1.165) is 7.11 Å². The van der Waals surface area contributed by atoms with Gasteiger partial charge in [0, 0.05) is 12.8 Å². The molecule has 0 saturated carbocycles. The minimum Gasteiger partial charge on any atom is -0.504 e. The first-order valence-electron chi connectivity index (χ1n) is 8.09. The lowest BCUT2D eigenvalue weighted by atomic mass is 10.1. The number of esters is 2. The maximum absolute atomic E-state index is 12.1. The number of ether oxygens (including phenoxy) is 2. The molecule has 0 aliphatic rings. The van der Waals surface area contributed by atoms with Gasteiger partial charge in [-0.25, -0.2) is 4.79 Å². The Morgan fingerprint density at radius 2 is 1.44 bits per heavy atom. The van der Waals surface area contributed by atoms with E-state index >= 15 is 0 Å². The summed E-state index contributed by atoms with van der Waals surface area (Å²) >= 11 is 0. The second-order valence-electron chi connectivity index (χ2n) is 5.85. The Balaban J connectivity index is 1.99. The van der Waals surface area contributed by atoms with Crippen LogP contribution in [-0.4, -0.2) is 45.6 Å². The molecule has 8 heteroatoms. The molecule has 0 fully saturated rings. The van der Waals surface area contributed by atoms with Gasteiger partial charge in [-0.1, -0.05) is 12.1 Å². The highest BCUT2D eigenvalue weighted by atomic mass is 16.6. The first-order chi connectivity index (χ1) is 12.8. The lowest BCUT2D eigenvalue weighted by Crippen LogP contribution is -2.30. The summed E-state index contributed by atoms with van der Waals surface area (Å²) < 4.78 is 9.83. The van der Waals surface area contributed by atoms with Crippen LogP contribution in [0.5, 0.6) is 23.0 Å². The highest BCUT2D eigenvalue weighted by Gasteiger charge is 2.24. The van der Waals surface area contributed by atoms with Gasteiger partial charge in [0.2, 0.25) is 6.10 Å². The highest BCUT2D eigenvalue weighted by molar-refractivity contribution is 5.79. The van der Waals surface area contributed by atoms with Crippen LogP contribution in [0, 0.1) is 0 Å². The van der Waals surface area contributed by atoms with Crippen LogP contribution in [-0.2, 0) is 31.9 Å². The van der Waals surface area contributed by atoms with Gasteiger partial charge in [0.05, 0.1) is 7.11 Å². The van der Waals surface area contributed by atoms with Gasteiger partial charge in [-0.2, -0.15) is 0 Å². The molecule has 0 spiro atoms. The molecule has 1 atom stereocenters. The van der Waals surface area contributed by atoms with Crippen molar-refractivity contribution in [3.63, 3.8) is 0 Å². The quantitative estimate of drug-likeness (QED) is 0.424. The van der Waals surface area contributed by atoms with Crippen LogP contribution in [0.3, 0.4) is 0 Å². The van der Waals surface area contributed by atoms with E-state index in [1.165, 1.54) is 30.3 Å². The Morgan fingerprint density at radius 1 is 0.889 bits per heavy atom. The predicted molar refractivity (Wildman–Crippen MR) is 93.5 cm³/mol. The van der Waals surface area contributed by atoms with Gasteiger partial charge in [0.1, 0.15) is 0 Å². The lowest BCUT2D eigenvalue weighted by molar-refractivity contribution is -0.165. The number of hydrogen-bond donors (Lipinski definition) is 4. The predicted octanol–water partition coefficient (Wildman–Crippen LogP) is 1.77. The fourth-order valence-corrected chi connectivity index (χ4v) is 2.40. The fraction of sp³-hybridized carbons (Fsp3) is 0.263. The van der Waals surface area contributed by atoms with Crippen LogP contribution >= 0.6 is 0 Å². The zero-order valence-electron chi connectivity index (χ0n) is 14.6. The molecule has 1 unspecified atom stereocenters. The number of aromatic hydroxyl groups is 4. The van der Waals surface area contributed by atoms with Gasteiger partial charge < -0.3 is 29.9 Å². The molecule has 8 nitrogen and oxygen atoms in total. The average molecular weight is 376 g/mol. The number of rotatable bonds is 7. The zero-order chi connectivity index (χ0) is 20.0. The van der Waals surface area contributed by atoms with Crippen molar-refractivity contribution in [1.29, 1.82) is 0 Å². The van der Waals surface area contributed by atoms with E-state index in [-0.39, 0.29) is 42.3 Å². The minimum absolute atomic E-state index is 0.0355. The summed E-state index contributed by atoms with van der Waals surface area (Å²) in [6.45, 7) is 0. The Kier molecular flexibility index (Phi) is 6.48. The van der Waals surface area contributed by atoms with Crippen LogP contribution in [0.15, 0.2) is 36.4 Å². The van der Waals surface area contributed by atoms with E-state index in [4.69, 9.17) is 4.74 Å². The van der Waals surface area contributed by atoms with E-state index in [1.54, 1.807) is 6.07 Å². The van der Waals surface area contributed by atoms with E-state index in [2.05, 4.69) is 4.74 Å². The minimum atomic E-state index is -1.21. The fourth-order valence-electron chi connectivity index (χ4n) is 2.40. The van der Waals surface area contributed by atoms with Crippen molar-refractivity contribution >= 4 is 11.9 Å². The van der Waals surface area contributed by atoms with Crippen molar-refractivity contribution in [3.8, 4) is 23.0 Å². The highest BCUT2D eigenvalue weighted by Crippen LogP contribution is 2.27. The van der Waals surface area contributed by atoms with E-state index < -0.39 is 18.0 Å². The first-order valence-corrected chi connectivity index (χ1v) is 8.09. The van der Waals surface area contributed by atoms with Gasteiger partial charge in [-0.15, -0.1) is 0 Å². The summed E-state index contributed by atoms with van der Waals surface area (Å²) in [5, 5.41) is 37.6. The Bertz CT molecular complexity index is 830. The average Bonchev–Trinajstić information content (AvgIpc) is 2.64. The van der Waals surface area contributed by atoms with Gasteiger partial charge in [0.15, 0.2) is 23.0 Å². The molecule has 144 valence electrons. The lowest BCUT2D eigenvalue weighted by Gasteiger charge is -2.16. The summed E-state index contributed by atoms with van der Waals surface area (Å²) in [7, 11) is 1.16. The van der Waals surface area contributed by atoms with E-state index in [1.807, 2.05) is 0 Å². The van der Waals surface area contributed by atoms with Gasteiger partial charge in [-0.05, 0) is 41.8 Å². The van der Waals surface area contributed by atoms with Crippen molar-refractivity contribution in [2.45, 2.75) is 25.4 Å². The van der Waals surface area contributed by atoms with Crippen molar-refractivity contribution in [3.05, 3.63) is 47.5 Å². The third-order valence-corrected chi connectivity index (χ3v) is 3.86. The maximum Gasteiger partial charge on any atom is 0.347 e. The first kappa shape index (κ1) is 19.9. The smallest absolute Gasteiger partial charge is 0.347 e. The van der Waals surface area contributed by atoms with Crippen LogP contribution in [0.2, 0.25) is 0 Å². The van der Waals surface area contributed by atoms with Gasteiger partial charge >= 0.3 is 11.9 Å². The largest absolute Gasteiger partial charge is 0.504 e. The van der Waals surface area contributed by atoms with Crippen LogP contribution in [0.25, 0.3) is 0 Å².